The molecule has 0 spiro atoms. The van der Waals surface area contributed by atoms with E-state index in [-0.39, 0.29) is 5.82 Å². The van der Waals surface area contributed by atoms with Gasteiger partial charge in [0.25, 0.3) is 0 Å². The fraction of sp³-hybridized carbons (Fsp3) is 0.333. The van der Waals surface area contributed by atoms with Crippen LogP contribution in [0.3, 0.4) is 0 Å². The largest absolute Gasteiger partial charge is 0.311 e. The van der Waals surface area contributed by atoms with Crippen molar-refractivity contribution in [1.29, 1.82) is 0 Å². The standard InChI is InChI=1S/C12H13ClFN/c13-12-8-10(14)4-3-9(12)2-1-7-15-11-5-6-11/h1-4,8,11,15H,5-7H2/b2-1+. The van der Waals surface area contributed by atoms with Crippen LogP contribution in [0.15, 0.2) is 24.3 Å². The third kappa shape index (κ3) is 3.33. The monoisotopic (exact) mass is 225 g/mol. The van der Waals surface area contributed by atoms with E-state index in [4.69, 9.17) is 11.6 Å². The van der Waals surface area contributed by atoms with E-state index in [1.54, 1.807) is 6.07 Å². The van der Waals surface area contributed by atoms with Gasteiger partial charge in [0.1, 0.15) is 5.82 Å². The van der Waals surface area contributed by atoms with Crippen molar-refractivity contribution in [2.75, 3.05) is 6.54 Å². The molecule has 1 aromatic carbocycles. The zero-order valence-corrected chi connectivity index (χ0v) is 9.10. The second-order valence-corrected chi connectivity index (χ2v) is 4.16. The summed E-state index contributed by atoms with van der Waals surface area (Å²) in [6.07, 6.45) is 6.49. The number of hydrogen-bond donors (Lipinski definition) is 1. The van der Waals surface area contributed by atoms with E-state index in [1.807, 2.05) is 12.2 Å². The van der Waals surface area contributed by atoms with Crippen molar-refractivity contribution in [3.63, 3.8) is 0 Å². The molecule has 1 N–H and O–H groups in total. The number of rotatable bonds is 4. The molecule has 0 bridgehead atoms. The Balaban J connectivity index is 1.90. The molecule has 1 fully saturated rings. The number of hydrogen-bond acceptors (Lipinski definition) is 1. The van der Waals surface area contributed by atoms with Crippen LogP contribution in [-0.2, 0) is 0 Å². The molecule has 15 heavy (non-hydrogen) atoms. The molecule has 0 atom stereocenters. The summed E-state index contributed by atoms with van der Waals surface area (Å²) < 4.78 is 12.7. The molecule has 0 aromatic heterocycles. The van der Waals surface area contributed by atoms with E-state index in [2.05, 4.69) is 5.32 Å². The third-order valence-corrected chi connectivity index (χ3v) is 2.69. The van der Waals surface area contributed by atoms with Gasteiger partial charge < -0.3 is 5.32 Å². The molecule has 80 valence electrons. The summed E-state index contributed by atoms with van der Waals surface area (Å²) in [5.41, 5.74) is 0.857. The SMILES string of the molecule is Fc1ccc(/C=C/CNC2CC2)c(Cl)c1. The minimum atomic E-state index is -0.298. The van der Waals surface area contributed by atoms with Gasteiger partial charge in [0.2, 0.25) is 0 Å². The van der Waals surface area contributed by atoms with Crippen molar-refractivity contribution in [1.82, 2.24) is 5.32 Å². The first-order valence-corrected chi connectivity index (χ1v) is 5.48. The molecule has 0 heterocycles. The second-order valence-electron chi connectivity index (χ2n) is 3.75. The maximum atomic E-state index is 12.7. The highest BCUT2D eigenvalue weighted by Gasteiger charge is 2.18. The summed E-state index contributed by atoms with van der Waals surface area (Å²) in [7, 11) is 0. The normalized spacial score (nSPS) is 16.1. The Morgan fingerprint density at radius 2 is 2.27 bits per heavy atom. The van der Waals surface area contributed by atoms with E-state index in [9.17, 15) is 4.39 Å². The molecule has 0 aliphatic heterocycles. The summed E-state index contributed by atoms with van der Waals surface area (Å²) in [5, 5.41) is 3.81. The molecule has 1 aliphatic rings. The van der Waals surface area contributed by atoms with Crippen LogP contribution < -0.4 is 5.32 Å². The van der Waals surface area contributed by atoms with Crippen LogP contribution in [0.4, 0.5) is 4.39 Å². The number of halogens is 2. The lowest BCUT2D eigenvalue weighted by Gasteiger charge is -1.99. The van der Waals surface area contributed by atoms with Gasteiger partial charge in [-0.1, -0.05) is 29.8 Å². The van der Waals surface area contributed by atoms with Crippen molar-refractivity contribution in [2.45, 2.75) is 18.9 Å². The molecular weight excluding hydrogens is 213 g/mol. The highest BCUT2D eigenvalue weighted by molar-refractivity contribution is 6.32. The van der Waals surface area contributed by atoms with Crippen LogP contribution in [0, 0.1) is 5.82 Å². The summed E-state index contributed by atoms with van der Waals surface area (Å²) in [6, 6.07) is 5.14. The van der Waals surface area contributed by atoms with Gasteiger partial charge in [-0.2, -0.15) is 0 Å². The van der Waals surface area contributed by atoms with E-state index in [0.717, 1.165) is 12.1 Å². The first kappa shape index (κ1) is 10.7. The summed E-state index contributed by atoms with van der Waals surface area (Å²) in [5.74, 6) is -0.298. The first-order chi connectivity index (χ1) is 7.25. The van der Waals surface area contributed by atoms with Crippen LogP contribution in [0.2, 0.25) is 5.02 Å². The van der Waals surface area contributed by atoms with Gasteiger partial charge >= 0.3 is 0 Å². The zero-order valence-electron chi connectivity index (χ0n) is 8.34. The van der Waals surface area contributed by atoms with Crippen LogP contribution in [-0.4, -0.2) is 12.6 Å². The van der Waals surface area contributed by atoms with Gasteiger partial charge in [0.15, 0.2) is 0 Å². The van der Waals surface area contributed by atoms with E-state index in [0.29, 0.717) is 11.1 Å². The average Bonchev–Trinajstić information content (AvgIpc) is 2.99. The van der Waals surface area contributed by atoms with E-state index < -0.39 is 0 Å². The van der Waals surface area contributed by atoms with Gasteiger partial charge in [0, 0.05) is 12.6 Å². The molecule has 0 amide bonds. The van der Waals surface area contributed by atoms with Crippen molar-refractivity contribution in [3.05, 3.63) is 40.7 Å². The minimum absolute atomic E-state index is 0.298. The smallest absolute Gasteiger partial charge is 0.124 e. The van der Waals surface area contributed by atoms with Crippen LogP contribution >= 0.6 is 11.6 Å². The predicted molar refractivity (Wildman–Crippen MR) is 61.5 cm³/mol. The molecule has 1 aromatic rings. The fourth-order valence-corrected chi connectivity index (χ4v) is 1.57. The third-order valence-electron chi connectivity index (χ3n) is 2.36. The fourth-order valence-electron chi connectivity index (χ4n) is 1.34. The lowest BCUT2D eigenvalue weighted by atomic mass is 10.2. The average molecular weight is 226 g/mol. The van der Waals surface area contributed by atoms with Gasteiger partial charge in [-0.15, -0.1) is 0 Å². The lowest BCUT2D eigenvalue weighted by Crippen LogP contribution is -2.15. The zero-order chi connectivity index (χ0) is 10.7. The molecule has 3 heteroatoms. The van der Waals surface area contributed by atoms with E-state index in [1.165, 1.54) is 25.0 Å². The molecule has 0 saturated heterocycles. The molecule has 1 aliphatic carbocycles. The number of benzene rings is 1. The van der Waals surface area contributed by atoms with Crippen LogP contribution in [0.1, 0.15) is 18.4 Å². The minimum Gasteiger partial charge on any atom is -0.311 e. The first-order valence-electron chi connectivity index (χ1n) is 5.10. The number of nitrogens with one attached hydrogen (secondary N) is 1. The Labute approximate surface area is 93.9 Å². The lowest BCUT2D eigenvalue weighted by molar-refractivity contribution is 0.628. The maximum absolute atomic E-state index is 12.7. The molecule has 1 nitrogen and oxygen atoms in total. The van der Waals surface area contributed by atoms with Gasteiger partial charge in [-0.05, 0) is 30.5 Å². The molecular formula is C12H13ClFN. The van der Waals surface area contributed by atoms with Crippen LogP contribution in [0.5, 0.6) is 0 Å². The Kier molecular flexibility index (Phi) is 3.39. The van der Waals surface area contributed by atoms with Gasteiger partial charge in [-0.3, -0.25) is 0 Å². The Bertz CT molecular complexity index is 372. The Morgan fingerprint density at radius 3 is 2.93 bits per heavy atom. The second kappa shape index (κ2) is 4.77. The van der Waals surface area contributed by atoms with Crippen molar-refractivity contribution < 1.29 is 4.39 Å². The van der Waals surface area contributed by atoms with E-state index >= 15 is 0 Å². The molecule has 2 rings (SSSR count). The van der Waals surface area contributed by atoms with Crippen molar-refractivity contribution in [2.24, 2.45) is 0 Å². The highest BCUT2D eigenvalue weighted by atomic mass is 35.5. The quantitative estimate of drug-likeness (QED) is 0.830. The maximum Gasteiger partial charge on any atom is 0.124 e. The highest BCUT2D eigenvalue weighted by Crippen LogP contribution is 2.19. The predicted octanol–water partition coefficient (Wildman–Crippen LogP) is 3.24. The van der Waals surface area contributed by atoms with Gasteiger partial charge in [0.05, 0.1) is 5.02 Å². The van der Waals surface area contributed by atoms with Crippen molar-refractivity contribution >= 4 is 17.7 Å². The molecule has 0 radical (unpaired) electrons. The topological polar surface area (TPSA) is 12.0 Å². The van der Waals surface area contributed by atoms with Crippen LogP contribution in [0.25, 0.3) is 6.08 Å². The molecule has 0 unspecified atom stereocenters. The molecule has 1 saturated carbocycles. The Morgan fingerprint density at radius 1 is 1.47 bits per heavy atom. The summed E-state index contributed by atoms with van der Waals surface area (Å²) in [4.78, 5) is 0. The Hall–Kier alpha value is -0.860. The van der Waals surface area contributed by atoms with Gasteiger partial charge in [-0.25, -0.2) is 4.39 Å². The summed E-state index contributed by atoms with van der Waals surface area (Å²) >= 11 is 5.87. The summed E-state index contributed by atoms with van der Waals surface area (Å²) in [6.45, 7) is 0.846. The van der Waals surface area contributed by atoms with Crippen molar-refractivity contribution in [3.8, 4) is 0 Å².